The second kappa shape index (κ2) is 11.0. The summed E-state index contributed by atoms with van der Waals surface area (Å²) in [5.41, 5.74) is 1.16. The summed E-state index contributed by atoms with van der Waals surface area (Å²) in [4.78, 5) is 26.9. The molecule has 2 aromatic rings. The minimum absolute atomic E-state index is 0.0290. The van der Waals surface area contributed by atoms with Crippen molar-refractivity contribution in [3.8, 4) is 5.75 Å². The Hall–Kier alpha value is -2.60. The van der Waals surface area contributed by atoms with Crippen LogP contribution in [0.4, 0.5) is 4.39 Å². The highest BCUT2D eigenvalue weighted by atomic mass is 35.5. The smallest absolute Gasteiger partial charge is 0.261 e. The van der Waals surface area contributed by atoms with Gasteiger partial charge in [-0.25, -0.2) is 4.39 Å². The molecule has 0 saturated heterocycles. The topological polar surface area (TPSA) is 58.6 Å². The Morgan fingerprint density at radius 1 is 1.20 bits per heavy atom. The number of amides is 2. The second-order valence-electron chi connectivity index (χ2n) is 7.31. The molecule has 5 nitrogen and oxygen atoms in total. The van der Waals surface area contributed by atoms with Gasteiger partial charge in [0.1, 0.15) is 17.6 Å². The maximum atomic E-state index is 14.2. The number of hydrogen-bond acceptors (Lipinski definition) is 3. The standard InChI is InChI=1S/C23H28ClFN2O3/c1-5-16(3)26-23(29)17(4)27(13-18-8-6-7-9-21(18)25)22(28)14-30-19-10-11-20(24)15(2)12-19/h6-12,16-17H,5,13-14H2,1-4H3,(H,26,29). The molecule has 0 aliphatic heterocycles. The highest BCUT2D eigenvalue weighted by Crippen LogP contribution is 2.21. The van der Waals surface area contributed by atoms with E-state index in [9.17, 15) is 14.0 Å². The molecule has 162 valence electrons. The number of nitrogens with zero attached hydrogens (tertiary/aromatic N) is 1. The SMILES string of the molecule is CCC(C)NC(=O)C(C)N(Cc1ccccc1F)C(=O)COc1ccc(Cl)c(C)c1. The largest absolute Gasteiger partial charge is 0.484 e. The molecule has 0 radical (unpaired) electrons. The van der Waals surface area contributed by atoms with Crippen molar-refractivity contribution in [2.24, 2.45) is 0 Å². The van der Waals surface area contributed by atoms with Crippen molar-refractivity contribution >= 4 is 23.4 Å². The zero-order valence-electron chi connectivity index (χ0n) is 17.7. The Bertz CT molecular complexity index is 891. The van der Waals surface area contributed by atoms with E-state index in [0.717, 1.165) is 12.0 Å². The number of halogens is 2. The van der Waals surface area contributed by atoms with Crippen LogP contribution in [-0.4, -0.2) is 35.4 Å². The Labute approximate surface area is 182 Å². The molecule has 2 rings (SSSR count). The third-order valence-electron chi connectivity index (χ3n) is 4.96. The van der Waals surface area contributed by atoms with Gasteiger partial charge < -0.3 is 15.0 Å². The first-order chi connectivity index (χ1) is 14.2. The van der Waals surface area contributed by atoms with Gasteiger partial charge in [0.25, 0.3) is 5.91 Å². The molecule has 0 bridgehead atoms. The molecule has 2 amide bonds. The lowest BCUT2D eigenvalue weighted by Crippen LogP contribution is -2.50. The average Bonchev–Trinajstić information content (AvgIpc) is 2.73. The first-order valence-corrected chi connectivity index (χ1v) is 10.3. The van der Waals surface area contributed by atoms with Gasteiger partial charge in [0.15, 0.2) is 6.61 Å². The van der Waals surface area contributed by atoms with E-state index in [4.69, 9.17) is 16.3 Å². The number of ether oxygens (including phenoxy) is 1. The Morgan fingerprint density at radius 2 is 1.90 bits per heavy atom. The van der Waals surface area contributed by atoms with E-state index in [1.165, 1.54) is 11.0 Å². The lowest BCUT2D eigenvalue weighted by molar-refractivity contribution is -0.142. The van der Waals surface area contributed by atoms with Gasteiger partial charge in [-0.3, -0.25) is 9.59 Å². The van der Waals surface area contributed by atoms with Gasteiger partial charge in [0, 0.05) is 23.2 Å². The minimum atomic E-state index is -0.790. The molecule has 0 aliphatic carbocycles. The van der Waals surface area contributed by atoms with Crippen molar-refractivity contribution in [3.63, 3.8) is 0 Å². The van der Waals surface area contributed by atoms with E-state index in [-0.39, 0.29) is 25.1 Å². The van der Waals surface area contributed by atoms with Crippen molar-refractivity contribution in [1.29, 1.82) is 0 Å². The highest BCUT2D eigenvalue weighted by molar-refractivity contribution is 6.31. The molecule has 1 N–H and O–H groups in total. The van der Waals surface area contributed by atoms with Crippen molar-refractivity contribution in [3.05, 3.63) is 64.4 Å². The number of hydrogen-bond donors (Lipinski definition) is 1. The molecule has 0 spiro atoms. The summed E-state index contributed by atoms with van der Waals surface area (Å²) < 4.78 is 19.8. The predicted molar refractivity (Wildman–Crippen MR) is 116 cm³/mol. The van der Waals surface area contributed by atoms with Crippen molar-refractivity contribution < 1.29 is 18.7 Å². The first kappa shape index (κ1) is 23.7. The molecule has 2 unspecified atom stereocenters. The second-order valence-corrected chi connectivity index (χ2v) is 7.71. The summed E-state index contributed by atoms with van der Waals surface area (Å²) >= 11 is 6.02. The van der Waals surface area contributed by atoms with Crippen molar-refractivity contribution in [1.82, 2.24) is 10.2 Å². The van der Waals surface area contributed by atoms with Crippen LogP contribution >= 0.6 is 11.6 Å². The number of aryl methyl sites for hydroxylation is 1. The molecule has 0 fully saturated rings. The summed E-state index contributed by atoms with van der Waals surface area (Å²) in [7, 11) is 0. The van der Waals surface area contributed by atoms with Crippen LogP contribution in [0.25, 0.3) is 0 Å². The lowest BCUT2D eigenvalue weighted by atomic mass is 10.1. The van der Waals surface area contributed by atoms with Gasteiger partial charge in [-0.15, -0.1) is 0 Å². The predicted octanol–water partition coefficient (Wildman–Crippen LogP) is 4.50. The van der Waals surface area contributed by atoms with Gasteiger partial charge in [-0.2, -0.15) is 0 Å². The van der Waals surface area contributed by atoms with E-state index < -0.39 is 17.8 Å². The molecule has 30 heavy (non-hydrogen) atoms. The maximum Gasteiger partial charge on any atom is 0.261 e. The fourth-order valence-electron chi connectivity index (χ4n) is 2.79. The molecule has 0 aromatic heterocycles. The van der Waals surface area contributed by atoms with E-state index in [2.05, 4.69) is 5.32 Å². The van der Waals surface area contributed by atoms with E-state index in [1.807, 2.05) is 20.8 Å². The maximum absolute atomic E-state index is 14.2. The third-order valence-corrected chi connectivity index (χ3v) is 5.38. The number of rotatable bonds is 9. The Balaban J connectivity index is 2.18. The normalized spacial score (nSPS) is 12.7. The summed E-state index contributed by atoms with van der Waals surface area (Å²) in [6.07, 6.45) is 0.763. The number of carbonyl (C=O) groups is 2. The molecule has 0 saturated carbocycles. The minimum Gasteiger partial charge on any atom is -0.484 e. The van der Waals surface area contributed by atoms with Crippen LogP contribution < -0.4 is 10.1 Å². The molecule has 2 aromatic carbocycles. The van der Waals surface area contributed by atoms with Crippen molar-refractivity contribution in [2.75, 3.05) is 6.61 Å². The molecule has 7 heteroatoms. The van der Waals surface area contributed by atoms with Gasteiger partial charge in [-0.05, 0) is 57.0 Å². The Kier molecular flexibility index (Phi) is 8.66. The quantitative estimate of drug-likeness (QED) is 0.632. The fraction of sp³-hybridized carbons (Fsp3) is 0.391. The Morgan fingerprint density at radius 3 is 2.53 bits per heavy atom. The number of benzene rings is 2. The van der Waals surface area contributed by atoms with Crippen LogP contribution in [0, 0.1) is 12.7 Å². The van der Waals surface area contributed by atoms with E-state index in [0.29, 0.717) is 16.3 Å². The summed E-state index contributed by atoms with van der Waals surface area (Å²) in [5.74, 6) is -0.652. The zero-order valence-corrected chi connectivity index (χ0v) is 18.5. The fourth-order valence-corrected chi connectivity index (χ4v) is 2.91. The van der Waals surface area contributed by atoms with Gasteiger partial charge >= 0.3 is 0 Å². The van der Waals surface area contributed by atoms with Gasteiger partial charge in [0.05, 0.1) is 0 Å². The molecular weight excluding hydrogens is 407 g/mol. The van der Waals surface area contributed by atoms with E-state index >= 15 is 0 Å². The number of carbonyl (C=O) groups excluding carboxylic acids is 2. The van der Waals surface area contributed by atoms with Crippen LogP contribution in [0.15, 0.2) is 42.5 Å². The van der Waals surface area contributed by atoms with Crippen LogP contribution in [0.1, 0.15) is 38.3 Å². The number of nitrogens with one attached hydrogen (secondary N) is 1. The zero-order chi connectivity index (χ0) is 22.3. The van der Waals surface area contributed by atoms with Crippen LogP contribution in [0.3, 0.4) is 0 Å². The summed E-state index contributed by atoms with van der Waals surface area (Å²) in [5, 5.41) is 3.47. The highest BCUT2D eigenvalue weighted by Gasteiger charge is 2.27. The summed E-state index contributed by atoms with van der Waals surface area (Å²) in [6.45, 7) is 6.99. The monoisotopic (exact) mass is 434 g/mol. The van der Waals surface area contributed by atoms with Crippen molar-refractivity contribution in [2.45, 2.75) is 52.7 Å². The van der Waals surface area contributed by atoms with Crippen LogP contribution in [0.2, 0.25) is 5.02 Å². The molecule has 0 heterocycles. The van der Waals surface area contributed by atoms with Crippen LogP contribution in [-0.2, 0) is 16.1 Å². The van der Waals surface area contributed by atoms with E-state index in [1.54, 1.807) is 43.3 Å². The average molecular weight is 435 g/mol. The van der Waals surface area contributed by atoms with Crippen LogP contribution in [0.5, 0.6) is 5.75 Å². The summed E-state index contributed by atoms with van der Waals surface area (Å²) in [6, 6.07) is 10.5. The van der Waals surface area contributed by atoms with Gasteiger partial charge in [0.2, 0.25) is 5.91 Å². The lowest BCUT2D eigenvalue weighted by Gasteiger charge is -2.29. The molecule has 2 atom stereocenters. The third kappa shape index (κ3) is 6.46. The molecular formula is C23H28ClFN2O3. The molecule has 0 aliphatic rings. The first-order valence-electron chi connectivity index (χ1n) is 9.95. The van der Waals surface area contributed by atoms with Gasteiger partial charge in [-0.1, -0.05) is 36.7 Å².